The van der Waals surface area contributed by atoms with Gasteiger partial charge in [0.1, 0.15) is 5.82 Å². The Labute approximate surface area is 122 Å². The Kier molecular flexibility index (Phi) is 3.94. The van der Waals surface area contributed by atoms with E-state index in [-0.39, 0.29) is 0 Å². The number of rotatable bonds is 4. The number of pyridine rings is 1. The van der Waals surface area contributed by atoms with Crippen LogP contribution in [0.5, 0.6) is 0 Å². The maximum Gasteiger partial charge on any atom is 0.129 e. The lowest BCUT2D eigenvalue weighted by Gasteiger charge is -2.36. The van der Waals surface area contributed by atoms with E-state index < -0.39 is 0 Å². The number of hydrogen-bond donors (Lipinski definition) is 1. The lowest BCUT2D eigenvalue weighted by molar-refractivity contribution is 0.247. The highest BCUT2D eigenvalue weighted by molar-refractivity contribution is 5.44. The molecule has 2 fully saturated rings. The first-order valence-corrected chi connectivity index (χ1v) is 7.87. The third kappa shape index (κ3) is 2.96. The van der Waals surface area contributed by atoms with Gasteiger partial charge in [0.25, 0.3) is 0 Å². The van der Waals surface area contributed by atoms with Crippen molar-refractivity contribution < 1.29 is 0 Å². The quantitative estimate of drug-likeness (QED) is 0.911. The molecule has 1 saturated carbocycles. The number of hydrogen-bond acceptors (Lipinski definition) is 4. The summed E-state index contributed by atoms with van der Waals surface area (Å²) >= 11 is 0. The van der Waals surface area contributed by atoms with Gasteiger partial charge in [-0.1, -0.05) is 13.8 Å². The normalized spacial score (nSPS) is 20.7. The van der Waals surface area contributed by atoms with Gasteiger partial charge in [0.2, 0.25) is 0 Å². The van der Waals surface area contributed by atoms with Gasteiger partial charge in [0.15, 0.2) is 0 Å². The van der Waals surface area contributed by atoms with Gasteiger partial charge in [-0.3, -0.25) is 4.90 Å². The molecule has 0 aromatic carbocycles. The summed E-state index contributed by atoms with van der Waals surface area (Å²) in [6.07, 6.45) is 2.80. The second-order valence-corrected chi connectivity index (χ2v) is 6.37. The van der Waals surface area contributed by atoms with Gasteiger partial charge < -0.3 is 10.6 Å². The van der Waals surface area contributed by atoms with E-state index >= 15 is 0 Å². The first-order chi connectivity index (χ1) is 9.67. The maximum absolute atomic E-state index is 5.83. The third-order valence-electron chi connectivity index (χ3n) is 4.42. The fourth-order valence-corrected chi connectivity index (χ4v) is 2.93. The summed E-state index contributed by atoms with van der Waals surface area (Å²) in [5.74, 6) is 1.57. The smallest absolute Gasteiger partial charge is 0.129 e. The van der Waals surface area contributed by atoms with Crippen LogP contribution in [0.3, 0.4) is 0 Å². The lowest BCUT2D eigenvalue weighted by atomic mass is 10.1. The van der Waals surface area contributed by atoms with Crippen LogP contribution in [0.15, 0.2) is 12.1 Å². The highest BCUT2D eigenvalue weighted by Crippen LogP contribution is 2.28. The summed E-state index contributed by atoms with van der Waals surface area (Å²) in [5, 5.41) is 0. The highest BCUT2D eigenvalue weighted by atomic mass is 15.3. The molecule has 1 aliphatic heterocycles. The molecule has 110 valence electrons. The van der Waals surface area contributed by atoms with Crippen LogP contribution >= 0.6 is 0 Å². The molecule has 0 bridgehead atoms. The Balaban J connectivity index is 1.74. The van der Waals surface area contributed by atoms with Gasteiger partial charge in [0.05, 0.1) is 0 Å². The molecule has 4 nitrogen and oxygen atoms in total. The van der Waals surface area contributed by atoms with Gasteiger partial charge >= 0.3 is 0 Å². The molecule has 0 amide bonds. The molecule has 2 heterocycles. The average Bonchev–Trinajstić information content (AvgIpc) is 3.31. The average molecular weight is 274 g/mol. The largest absolute Gasteiger partial charge is 0.354 e. The van der Waals surface area contributed by atoms with Crippen molar-refractivity contribution in [2.75, 3.05) is 31.1 Å². The van der Waals surface area contributed by atoms with E-state index in [1.807, 2.05) is 0 Å². The minimum atomic E-state index is 0.452. The highest BCUT2D eigenvalue weighted by Gasteiger charge is 2.31. The van der Waals surface area contributed by atoms with Crippen molar-refractivity contribution in [3.63, 3.8) is 0 Å². The van der Waals surface area contributed by atoms with E-state index in [9.17, 15) is 0 Å². The zero-order valence-corrected chi connectivity index (χ0v) is 12.7. The van der Waals surface area contributed by atoms with Crippen molar-refractivity contribution >= 4 is 5.82 Å². The van der Waals surface area contributed by atoms with Crippen molar-refractivity contribution in [2.45, 2.75) is 45.2 Å². The third-order valence-corrected chi connectivity index (χ3v) is 4.42. The van der Waals surface area contributed by atoms with Gasteiger partial charge in [-0.15, -0.1) is 0 Å². The molecule has 0 unspecified atom stereocenters. The molecule has 4 heteroatoms. The molecule has 1 aromatic heterocycles. The van der Waals surface area contributed by atoms with Crippen LogP contribution in [-0.4, -0.2) is 42.1 Å². The number of nitrogens with two attached hydrogens (primary N) is 1. The predicted octanol–water partition coefficient (Wildman–Crippen LogP) is 1.95. The summed E-state index contributed by atoms with van der Waals surface area (Å²) in [6, 6.07) is 5.19. The van der Waals surface area contributed by atoms with Crippen LogP contribution in [0.1, 0.15) is 43.9 Å². The van der Waals surface area contributed by atoms with Crippen LogP contribution in [0.4, 0.5) is 5.82 Å². The minimum Gasteiger partial charge on any atom is -0.354 e. The number of piperazine rings is 1. The Morgan fingerprint density at radius 3 is 2.45 bits per heavy atom. The van der Waals surface area contributed by atoms with E-state index in [1.165, 1.54) is 31.5 Å². The van der Waals surface area contributed by atoms with Crippen molar-refractivity contribution in [1.82, 2.24) is 9.88 Å². The molecule has 2 aliphatic rings. The van der Waals surface area contributed by atoms with E-state index in [0.29, 0.717) is 12.5 Å². The van der Waals surface area contributed by atoms with Gasteiger partial charge in [-0.25, -0.2) is 4.98 Å². The molecule has 1 aromatic rings. The molecule has 0 spiro atoms. The monoisotopic (exact) mass is 274 g/mol. The molecular formula is C16H26N4. The summed E-state index contributed by atoms with van der Waals surface area (Å²) in [5.41, 5.74) is 8.19. The minimum absolute atomic E-state index is 0.452. The zero-order chi connectivity index (χ0) is 14.1. The zero-order valence-electron chi connectivity index (χ0n) is 12.7. The molecule has 0 radical (unpaired) electrons. The van der Waals surface area contributed by atoms with Crippen LogP contribution in [0, 0.1) is 0 Å². The Morgan fingerprint density at radius 2 is 1.90 bits per heavy atom. The summed E-state index contributed by atoms with van der Waals surface area (Å²) in [7, 11) is 0. The molecule has 2 N–H and O–H groups in total. The Bertz CT molecular complexity index is 460. The first-order valence-electron chi connectivity index (χ1n) is 7.87. The second kappa shape index (κ2) is 5.70. The summed E-state index contributed by atoms with van der Waals surface area (Å²) in [4.78, 5) is 9.89. The van der Waals surface area contributed by atoms with Gasteiger partial charge in [-0.05, 0) is 36.5 Å². The lowest BCUT2D eigenvalue weighted by Crippen LogP contribution is -2.47. The van der Waals surface area contributed by atoms with E-state index in [0.717, 1.165) is 30.6 Å². The van der Waals surface area contributed by atoms with E-state index in [4.69, 9.17) is 10.7 Å². The van der Waals surface area contributed by atoms with Crippen LogP contribution in [0.2, 0.25) is 0 Å². The fraction of sp³-hybridized carbons (Fsp3) is 0.688. The fourth-order valence-electron chi connectivity index (χ4n) is 2.93. The SMILES string of the molecule is CC(C)c1cc(CN)cc(N2CCN(C3CC3)CC2)n1. The van der Waals surface area contributed by atoms with E-state index in [1.54, 1.807) is 0 Å². The molecular weight excluding hydrogens is 248 g/mol. The molecule has 20 heavy (non-hydrogen) atoms. The summed E-state index contributed by atoms with van der Waals surface area (Å²) < 4.78 is 0. The van der Waals surface area contributed by atoms with Crippen LogP contribution < -0.4 is 10.6 Å². The number of nitrogens with zero attached hydrogens (tertiary/aromatic N) is 3. The van der Waals surface area contributed by atoms with Crippen LogP contribution in [0.25, 0.3) is 0 Å². The van der Waals surface area contributed by atoms with Crippen molar-refractivity contribution in [3.05, 3.63) is 23.4 Å². The Hall–Kier alpha value is -1.13. The standard InChI is InChI=1S/C16H26N4/c1-12(2)15-9-13(11-17)10-16(18-15)20-7-5-19(6-8-20)14-3-4-14/h9-10,12,14H,3-8,11,17H2,1-2H3. The van der Waals surface area contributed by atoms with Gasteiger partial charge in [0, 0.05) is 44.5 Å². The molecule has 3 rings (SSSR count). The van der Waals surface area contributed by atoms with Crippen molar-refractivity contribution in [1.29, 1.82) is 0 Å². The summed E-state index contributed by atoms with van der Waals surface area (Å²) in [6.45, 7) is 9.52. The predicted molar refractivity (Wildman–Crippen MR) is 83.0 cm³/mol. The second-order valence-electron chi connectivity index (χ2n) is 6.37. The number of anilines is 1. The molecule has 1 saturated heterocycles. The molecule has 1 aliphatic carbocycles. The topological polar surface area (TPSA) is 45.4 Å². The van der Waals surface area contributed by atoms with Crippen molar-refractivity contribution in [2.24, 2.45) is 5.73 Å². The number of aromatic nitrogens is 1. The van der Waals surface area contributed by atoms with Gasteiger partial charge in [-0.2, -0.15) is 0 Å². The van der Waals surface area contributed by atoms with Crippen molar-refractivity contribution in [3.8, 4) is 0 Å². The first kappa shape index (κ1) is 13.8. The van der Waals surface area contributed by atoms with Crippen LogP contribution in [-0.2, 0) is 6.54 Å². The molecule has 0 atom stereocenters. The maximum atomic E-state index is 5.83. The van der Waals surface area contributed by atoms with E-state index in [2.05, 4.69) is 35.8 Å². The Morgan fingerprint density at radius 1 is 1.20 bits per heavy atom.